The number of aryl methyl sites for hydroxylation is 3. The lowest BCUT2D eigenvalue weighted by molar-refractivity contribution is -0.137. The van der Waals surface area contributed by atoms with Gasteiger partial charge in [-0.1, -0.05) is 50.6 Å². The number of carboxylic acids is 1. The molecule has 1 N–H and O–H groups in total. The topological polar surface area (TPSA) is 128 Å². The largest absolute Gasteiger partial charge is 0.491 e. The molecular weight excluding hydrogens is 518 g/mol. The summed E-state index contributed by atoms with van der Waals surface area (Å²) >= 11 is 0. The fraction of sp³-hybridized carbons (Fsp3) is 0.500. The number of rotatable bonds is 10. The van der Waals surface area contributed by atoms with Gasteiger partial charge in [-0.25, -0.2) is 8.42 Å². The lowest BCUT2D eigenvalue weighted by Gasteiger charge is -2.22. The summed E-state index contributed by atoms with van der Waals surface area (Å²) in [6, 6.07) is 7.34. The monoisotopic (exact) mass is 557 g/mol. The Labute approximate surface area is 231 Å². The van der Waals surface area contributed by atoms with Gasteiger partial charge in [0.2, 0.25) is 10.0 Å². The molecule has 3 aromatic rings. The Morgan fingerprint density at radius 3 is 2.69 bits per heavy atom. The summed E-state index contributed by atoms with van der Waals surface area (Å²) in [5.41, 5.74) is 3.45. The highest BCUT2D eigenvalue weighted by Gasteiger charge is 2.31. The maximum absolute atomic E-state index is 13.3. The van der Waals surface area contributed by atoms with Crippen molar-refractivity contribution in [2.45, 2.75) is 83.7 Å². The Morgan fingerprint density at radius 2 is 1.97 bits per heavy atom. The second-order valence-corrected chi connectivity index (χ2v) is 11.6. The molecule has 1 aliphatic heterocycles. The third-order valence-corrected chi connectivity index (χ3v) is 8.22. The number of sulfonamides is 1. The number of ether oxygens (including phenoxy) is 1. The number of fused-ring (bicyclic) bond motifs is 1. The van der Waals surface area contributed by atoms with Gasteiger partial charge < -0.3 is 9.84 Å². The van der Waals surface area contributed by atoms with Crippen molar-refractivity contribution in [2.24, 2.45) is 0 Å². The molecule has 0 amide bonds. The molecule has 2 aromatic heterocycles. The van der Waals surface area contributed by atoms with Crippen LogP contribution in [0, 0.1) is 6.92 Å². The van der Waals surface area contributed by atoms with E-state index in [-0.39, 0.29) is 36.9 Å². The first-order valence-corrected chi connectivity index (χ1v) is 14.9. The summed E-state index contributed by atoms with van der Waals surface area (Å²) in [6.45, 7) is 9.62. The van der Waals surface area contributed by atoms with Crippen LogP contribution in [0.4, 0.5) is 0 Å². The minimum Gasteiger partial charge on any atom is -0.491 e. The maximum Gasteiger partial charge on any atom is 0.303 e. The van der Waals surface area contributed by atoms with Crippen LogP contribution in [0.5, 0.6) is 5.75 Å². The summed E-state index contributed by atoms with van der Waals surface area (Å²) in [5, 5.41) is 17.9. The summed E-state index contributed by atoms with van der Waals surface area (Å²) in [4.78, 5) is 15.7. The molecule has 0 bridgehead atoms. The van der Waals surface area contributed by atoms with E-state index in [1.165, 1.54) is 23.1 Å². The van der Waals surface area contributed by atoms with E-state index in [1.54, 1.807) is 10.7 Å². The summed E-state index contributed by atoms with van der Waals surface area (Å²) < 4.78 is 35.5. The molecule has 0 spiro atoms. The predicted molar refractivity (Wildman–Crippen MR) is 148 cm³/mol. The fourth-order valence-corrected chi connectivity index (χ4v) is 5.85. The Balaban J connectivity index is 0.00000134. The number of aliphatic carboxylic acids is 1. The van der Waals surface area contributed by atoms with Crippen molar-refractivity contribution in [1.82, 2.24) is 24.3 Å². The van der Waals surface area contributed by atoms with Crippen molar-refractivity contribution in [1.29, 1.82) is 0 Å². The van der Waals surface area contributed by atoms with Crippen LogP contribution in [-0.2, 0) is 34.3 Å². The van der Waals surface area contributed by atoms with Gasteiger partial charge in [-0.3, -0.25) is 14.5 Å². The normalized spacial score (nSPS) is 15.3. The fourth-order valence-electron chi connectivity index (χ4n) is 4.38. The van der Waals surface area contributed by atoms with E-state index in [2.05, 4.69) is 36.1 Å². The summed E-state index contributed by atoms with van der Waals surface area (Å²) in [6.07, 6.45) is 8.09. The Bertz CT molecular complexity index is 1340. The van der Waals surface area contributed by atoms with Gasteiger partial charge in [0.1, 0.15) is 17.3 Å². The molecule has 1 atom stereocenters. The molecule has 1 aromatic carbocycles. The first-order valence-electron chi connectivity index (χ1n) is 13.5. The number of benzene rings is 1. The molecule has 0 saturated carbocycles. The molecule has 3 heterocycles. The van der Waals surface area contributed by atoms with Crippen molar-refractivity contribution in [3.8, 4) is 5.75 Å². The van der Waals surface area contributed by atoms with Crippen LogP contribution in [0.3, 0.4) is 0 Å². The van der Waals surface area contributed by atoms with E-state index in [9.17, 15) is 18.3 Å². The third kappa shape index (κ3) is 8.09. The van der Waals surface area contributed by atoms with Crippen LogP contribution in [0.1, 0.15) is 74.8 Å². The molecule has 0 aliphatic carbocycles. The van der Waals surface area contributed by atoms with Gasteiger partial charge in [0.05, 0.1) is 18.3 Å². The predicted octanol–water partition coefficient (Wildman–Crippen LogP) is 4.58. The van der Waals surface area contributed by atoms with Crippen molar-refractivity contribution >= 4 is 16.0 Å². The van der Waals surface area contributed by atoms with Gasteiger partial charge >= 0.3 is 5.97 Å². The zero-order valence-corrected chi connectivity index (χ0v) is 24.0. The van der Waals surface area contributed by atoms with Gasteiger partial charge in [-0.2, -0.15) is 4.31 Å². The number of nitrogens with zero attached hydrogens (tertiary/aromatic N) is 5. The number of carbonyl (C=O) groups is 1. The molecule has 39 heavy (non-hydrogen) atoms. The maximum atomic E-state index is 13.3. The second-order valence-electron chi connectivity index (χ2n) is 9.71. The van der Waals surface area contributed by atoms with Crippen LogP contribution >= 0.6 is 0 Å². The highest BCUT2D eigenvalue weighted by Crippen LogP contribution is 2.31. The second kappa shape index (κ2) is 14.2. The zero-order valence-electron chi connectivity index (χ0n) is 23.2. The number of hydrogen-bond acceptors (Lipinski definition) is 7. The smallest absolute Gasteiger partial charge is 0.303 e. The lowest BCUT2D eigenvalue weighted by atomic mass is 9.88. The minimum atomic E-state index is -3.80. The first kappa shape index (κ1) is 30.2. The molecule has 1 aliphatic rings. The van der Waals surface area contributed by atoms with Gasteiger partial charge in [0.15, 0.2) is 0 Å². The van der Waals surface area contributed by atoms with E-state index < -0.39 is 16.0 Å². The van der Waals surface area contributed by atoms with E-state index in [0.717, 1.165) is 35.3 Å². The van der Waals surface area contributed by atoms with E-state index >= 15 is 0 Å². The highest BCUT2D eigenvalue weighted by molar-refractivity contribution is 7.89. The standard InChI is InChI=1S/C25H31N5O5S.C3H8/c1-3-10-29-17-22(27-28-29)7-6-20(14-25(31)32)19-5-4-18(2)21(13-19)16-30-11-12-35-23-8-9-26-15-24(23)36(30,33)34;1-3-2/h4-5,8-9,13,15,17,20H,3,6-7,10-12,14,16H2,1-2H3,(H,31,32);3H2,1-2H3. The highest BCUT2D eigenvalue weighted by atomic mass is 32.2. The van der Waals surface area contributed by atoms with E-state index in [0.29, 0.717) is 18.6 Å². The molecule has 0 saturated heterocycles. The van der Waals surface area contributed by atoms with Gasteiger partial charge in [-0.15, -0.1) is 5.10 Å². The first-order chi connectivity index (χ1) is 18.7. The van der Waals surface area contributed by atoms with Crippen LogP contribution in [0.15, 0.2) is 47.8 Å². The van der Waals surface area contributed by atoms with Crippen molar-refractivity contribution in [2.75, 3.05) is 13.2 Å². The van der Waals surface area contributed by atoms with Crippen LogP contribution in [0.2, 0.25) is 0 Å². The lowest BCUT2D eigenvalue weighted by Crippen LogP contribution is -2.32. The number of aromatic nitrogens is 4. The zero-order chi connectivity index (χ0) is 28.4. The molecular formula is C28H39N5O5S. The Hall–Kier alpha value is -3.31. The Morgan fingerprint density at radius 1 is 1.21 bits per heavy atom. The van der Waals surface area contributed by atoms with Crippen molar-refractivity contribution < 1.29 is 23.1 Å². The summed E-state index contributed by atoms with van der Waals surface area (Å²) in [5.74, 6) is -0.823. The molecule has 0 fully saturated rings. The Kier molecular flexibility index (Phi) is 11.0. The molecule has 0 radical (unpaired) electrons. The van der Waals surface area contributed by atoms with E-state index in [1.807, 2.05) is 31.3 Å². The number of carboxylic acid groups (broad SMARTS) is 1. The molecule has 10 nitrogen and oxygen atoms in total. The van der Waals surface area contributed by atoms with Crippen LogP contribution in [0.25, 0.3) is 0 Å². The van der Waals surface area contributed by atoms with Crippen LogP contribution < -0.4 is 4.74 Å². The van der Waals surface area contributed by atoms with Gasteiger partial charge in [-0.05, 0) is 54.9 Å². The molecule has 1 unspecified atom stereocenters. The number of hydrogen-bond donors (Lipinski definition) is 1. The summed E-state index contributed by atoms with van der Waals surface area (Å²) in [7, 11) is -3.80. The third-order valence-electron chi connectivity index (χ3n) is 6.36. The quantitative estimate of drug-likeness (QED) is 0.384. The minimum absolute atomic E-state index is 0.0273. The average Bonchev–Trinajstić information content (AvgIpc) is 3.30. The van der Waals surface area contributed by atoms with E-state index in [4.69, 9.17) is 4.74 Å². The van der Waals surface area contributed by atoms with Crippen molar-refractivity contribution in [3.05, 3.63) is 65.2 Å². The van der Waals surface area contributed by atoms with Crippen LogP contribution in [-0.4, -0.2) is 56.9 Å². The van der Waals surface area contributed by atoms with Gasteiger partial charge in [0.25, 0.3) is 0 Å². The SMILES string of the molecule is CCC.CCCn1cc(CCC(CC(=O)O)c2ccc(C)c(CN3CCOc4ccncc4S3(=O)=O)c2)nn1. The number of pyridine rings is 1. The molecule has 4 rings (SSSR count). The average molecular weight is 558 g/mol. The van der Waals surface area contributed by atoms with Crippen molar-refractivity contribution in [3.63, 3.8) is 0 Å². The van der Waals surface area contributed by atoms with Gasteiger partial charge in [0, 0.05) is 32.0 Å². The molecule has 212 valence electrons. The molecule has 11 heteroatoms.